The van der Waals surface area contributed by atoms with Crippen LogP contribution in [0.25, 0.3) is 0 Å². The Morgan fingerprint density at radius 1 is 1.33 bits per heavy atom. The average Bonchev–Trinajstić information content (AvgIpc) is 2.57. The number of ether oxygens (including phenoxy) is 1. The predicted molar refractivity (Wildman–Crippen MR) is 61.0 cm³/mol. The number of fused-ring (bicyclic) bond motifs is 3. The van der Waals surface area contributed by atoms with E-state index in [1.54, 1.807) is 0 Å². The van der Waals surface area contributed by atoms with E-state index in [4.69, 9.17) is 10.5 Å². The molecule has 2 heteroatoms. The van der Waals surface area contributed by atoms with E-state index in [9.17, 15) is 0 Å². The molecule has 0 amide bonds. The predicted octanol–water partition coefficient (Wildman–Crippen LogP) is 2.93. The van der Waals surface area contributed by atoms with Crippen molar-refractivity contribution in [3.05, 3.63) is 23.8 Å². The third-order valence-corrected chi connectivity index (χ3v) is 3.80. The van der Waals surface area contributed by atoms with E-state index in [2.05, 4.69) is 13.0 Å². The lowest BCUT2D eigenvalue weighted by molar-refractivity contribution is 0.136. The molecule has 1 heterocycles. The zero-order chi connectivity index (χ0) is 10.4. The van der Waals surface area contributed by atoms with E-state index in [1.165, 1.54) is 24.8 Å². The minimum Gasteiger partial charge on any atom is -0.487 e. The quantitative estimate of drug-likeness (QED) is 0.658. The van der Waals surface area contributed by atoms with Gasteiger partial charge in [0.05, 0.1) is 5.69 Å². The third kappa shape index (κ3) is 1.31. The molecule has 1 aliphatic heterocycles. The third-order valence-electron chi connectivity index (χ3n) is 3.80. The highest BCUT2D eigenvalue weighted by atomic mass is 16.5. The maximum atomic E-state index is 5.99. The molecule has 0 saturated heterocycles. The molecule has 2 N–H and O–H groups in total. The highest BCUT2D eigenvalue weighted by Crippen LogP contribution is 2.48. The molecular weight excluding hydrogens is 186 g/mol. The van der Waals surface area contributed by atoms with Gasteiger partial charge in [0.25, 0.3) is 0 Å². The van der Waals surface area contributed by atoms with Crippen LogP contribution in [0.5, 0.6) is 5.75 Å². The lowest BCUT2D eigenvalue weighted by Crippen LogP contribution is -2.26. The van der Waals surface area contributed by atoms with E-state index in [1.807, 2.05) is 12.1 Å². The fourth-order valence-corrected chi connectivity index (χ4v) is 2.97. The number of nitrogen functional groups attached to an aromatic ring is 1. The van der Waals surface area contributed by atoms with Crippen molar-refractivity contribution in [1.29, 1.82) is 0 Å². The summed E-state index contributed by atoms with van der Waals surface area (Å²) >= 11 is 0. The molecule has 3 unspecified atom stereocenters. The van der Waals surface area contributed by atoms with Crippen molar-refractivity contribution in [3.63, 3.8) is 0 Å². The first-order valence-electron chi connectivity index (χ1n) is 5.80. The van der Waals surface area contributed by atoms with Gasteiger partial charge >= 0.3 is 0 Å². The summed E-state index contributed by atoms with van der Waals surface area (Å²) in [5.41, 5.74) is 8.08. The standard InChI is InChI=1S/C13H17NO/c1-8-5-6-9-10-3-2-4-11(14)13(10)15-12(9)7-8/h2-4,8-9,12H,5-7,14H2,1H3. The second-order valence-electron chi connectivity index (χ2n) is 4.95. The van der Waals surface area contributed by atoms with Crippen molar-refractivity contribution in [3.8, 4) is 5.75 Å². The van der Waals surface area contributed by atoms with E-state index in [-0.39, 0.29) is 0 Å². The average molecular weight is 203 g/mol. The van der Waals surface area contributed by atoms with Crippen LogP contribution in [0, 0.1) is 5.92 Å². The fraction of sp³-hybridized carbons (Fsp3) is 0.538. The van der Waals surface area contributed by atoms with Gasteiger partial charge in [-0.05, 0) is 31.2 Å². The lowest BCUT2D eigenvalue weighted by atomic mass is 9.78. The summed E-state index contributed by atoms with van der Waals surface area (Å²) < 4.78 is 5.99. The number of rotatable bonds is 0. The summed E-state index contributed by atoms with van der Waals surface area (Å²) in [6.45, 7) is 2.31. The summed E-state index contributed by atoms with van der Waals surface area (Å²) in [5.74, 6) is 2.35. The Morgan fingerprint density at radius 2 is 2.20 bits per heavy atom. The molecule has 3 rings (SSSR count). The number of hydrogen-bond donors (Lipinski definition) is 1. The second-order valence-corrected chi connectivity index (χ2v) is 4.95. The van der Waals surface area contributed by atoms with Crippen molar-refractivity contribution >= 4 is 5.69 Å². The van der Waals surface area contributed by atoms with E-state index >= 15 is 0 Å². The summed E-state index contributed by atoms with van der Waals surface area (Å²) in [7, 11) is 0. The van der Waals surface area contributed by atoms with Crippen LogP contribution in [0.2, 0.25) is 0 Å². The maximum Gasteiger partial charge on any atom is 0.146 e. The van der Waals surface area contributed by atoms with Gasteiger partial charge in [-0.15, -0.1) is 0 Å². The largest absolute Gasteiger partial charge is 0.487 e. The van der Waals surface area contributed by atoms with Gasteiger partial charge in [-0.25, -0.2) is 0 Å². The van der Waals surface area contributed by atoms with Crippen LogP contribution < -0.4 is 10.5 Å². The van der Waals surface area contributed by atoms with Crippen molar-refractivity contribution in [2.24, 2.45) is 5.92 Å². The minimum absolute atomic E-state index is 0.383. The Kier molecular flexibility index (Phi) is 1.91. The molecule has 1 aromatic rings. The van der Waals surface area contributed by atoms with E-state index in [0.29, 0.717) is 12.0 Å². The molecule has 1 aromatic carbocycles. The molecule has 3 atom stereocenters. The number of para-hydroxylation sites is 1. The molecule has 2 nitrogen and oxygen atoms in total. The van der Waals surface area contributed by atoms with Crippen LogP contribution >= 0.6 is 0 Å². The SMILES string of the molecule is CC1CCC2c3cccc(N)c3OC2C1. The topological polar surface area (TPSA) is 35.2 Å². The number of nitrogens with two attached hydrogens (primary N) is 1. The second kappa shape index (κ2) is 3.16. The molecule has 0 aromatic heterocycles. The van der Waals surface area contributed by atoms with Crippen LogP contribution in [0.4, 0.5) is 5.69 Å². The number of benzene rings is 1. The van der Waals surface area contributed by atoms with Crippen molar-refractivity contribution in [1.82, 2.24) is 0 Å². The molecule has 1 fully saturated rings. The van der Waals surface area contributed by atoms with E-state index in [0.717, 1.165) is 17.4 Å². The summed E-state index contributed by atoms with van der Waals surface area (Å²) in [6.07, 6.45) is 4.13. The molecule has 80 valence electrons. The van der Waals surface area contributed by atoms with Gasteiger partial charge in [0.2, 0.25) is 0 Å². The Morgan fingerprint density at radius 3 is 3.07 bits per heavy atom. The van der Waals surface area contributed by atoms with Crippen molar-refractivity contribution in [2.45, 2.75) is 38.2 Å². The van der Waals surface area contributed by atoms with Gasteiger partial charge in [-0.2, -0.15) is 0 Å². The van der Waals surface area contributed by atoms with Gasteiger partial charge in [0, 0.05) is 11.5 Å². The Balaban J connectivity index is 1.99. The van der Waals surface area contributed by atoms with Crippen molar-refractivity contribution < 1.29 is 4.74 Å². The molecule has 0 radical (unpaired) electrons. The highest BCUT2D eigenvalue weighted by Gasteiger charge is 2.38. The lowest BCUT2D eigenvalue weighted by Gasteiger charge is -2.28. The first-order chi connectivity index (χ1) is 7.25. The molecular formula is C13H17NO. The van der Waals surface area contributed by atoms with Crippen LogP contribution in [0.1, 0.15) is 37.7 Å². The van der Waals surface area contributed by atoms with Crippen molar-refractivity contribution in [2.75, 3.05) is 5.73 Å². The van der Waals surface area contributed by atoms with Crippen LogP contribution in [0.3, 0.4) is 0 Å². The monoisotopic (exact) mass is 203 g/mol. The van der Waals surface area contributed by atoms with Gasteiger partial charge in [-0.1, -0.05) is 19.1 Å². The number of anilines is 1. The maximum absolute atomic E-state index is 5.99. The van der Waals surface area contributed by atoms with Crippen LogP contribution in [-0.2, 0) is 0 Å². The summed E-state index contributed by atoms with van der Waals surface area (Å²) in [5, 5.41) is 0. The van der Waals surface area contributed by atoms with Gasteiger partial charge in [-0.3, -0.25) is 0 Å². The molecule has 1 aliphatic carbocycles. The molecule has 15 heavy (non-hydrogen) atoms. The summed E-state index contributed by atoms with van der Waals surface area (Å²) in [4.78, 5) is 0. The smallest absolute Gasteiger partial charge is 0.146 e. The van der Waals surface area contributed by atoms with Gasteiger partial charge < -0.3 is 10.5 Å². The fourth-order valence-electron chi connectivity index (χ4n) is 2.97. The van der Waals surface area contributed by atoms with E-state index < -0.39 is 0 Å². The molecule has 0 spiro atoms. The first-order valence-corrected chi connectivity index (χ1v) is 5.80. The Hall–Kier alpha value is -1.18. The molecule has 2 aliphatic rings. The van der Waals surface area contributed by atoms with Gasteiger partial charge in [0.15, 0.2) is 0 Å². The van der Waals surface area contributed by atoms with Crippen LogP contribution in [0.15, 0.2) is 18.2 Å². The normalized spacial score (nSPS) is 33.0. The van der Waals surface area contributed by atoms with Gasteiger partial charge in [0.1, 0.15) is 11.9 Å². The zero-order valence-corrected chi connectivity index (χ0v) is 9.07. The summed E-state index contributed by atoms with van der Waals surface area (Å²) in [6, 6.07) is 6.14. The molecule has 0 bridgehead atoms. The first kappa shape index (κ1) is 9.08. The van der Waals surface area contributed by atoms with Crippen LogP contribution in [-0.4, -0.2) is 6.10 Å². The minimum atomic E-state index is 0.383. The Bertz CT molecular complexity index is 388. The highest BCUT2D eigenvalue weighted by molar-refractivity contribution is 5.60. The molecule has 1 saturated carbocycles. The number of hydrogen-bond acceptors (Lipinski definition) is 2. The Labute approximate surface area is 90.4 Å². The zero-order valence-electron chi connectivity index (χ0n) is 9.07.